The number of rotatable bonds is 3. The summed E-state index contributed by atoms with van der Waals surface area (Å²) in [6.07, 6.45) is -0.218. The Morgan fingerprint density at radius 2 is 1.95 bits per heavy atom. The van der Waals surface area contributed by atoms with Gasteiger partial charge in [-0.25, -0.2) is 0 Å². The van der Waals surface area contributed by atoms with Gasteiger partial charge in [-0.3, -0.25) is 9.59 Å². The Morgan fingerprint density at radius 3 is 2.58 bits per heavy atom. The van der Waals surface area contributed by atoms with E-state index in [9.17, 15) is 9.59 Å². The van der Waals surface area contributed by atoms with Crippen molar-refractivity contribution >= 4 is 22.7 Å². The van der Waals surface area contributed by atoms with Crippen molar-refractivity contribution in [2.45, 2.75) is 20.3 Å². The van der Waals surface area contributed by atoms with Gasteiger partial charge in [-0.1, -0.05) is 12.1 Å². The summed E-state index contributed by atoms with van der Waals surface area (Å²) in [4.78, 5) is 23.1. The minimum Gasteiger partial charge on any atom is -0.469 e. The number of methoxy groups -OCH3 is 1. The van der Waals surface area contributed by atoms with Crippen molar-refractivity contribution in [3.63, 3.8) is 0 Å². The second kappa shape index (κ2) is 4.88. The molecular weight excluding hydrogens is 242 g/mol. The lowest BCUT2D eigenvalue weighted by molar-refractivity contribution is -0.139. The monoisotopic (exact) mass is 259 g/mol. The number of Topliss-reactive ketones (excluding diaryl/α,β-unsaturated/α-hetero) is 1. The van der Waals surface area contributed by atoms with Gasteiger partial charge < -0.3 is 9.30 Å². The standard InChI is InChI=1S/C15H17NO3/c1-9-10(2)16(3)13-7-11(5-6-12(9)13)14(17)8-15(18)19-4/h5-7H,8H2,1-4H3. The first-order valence-electron chi connectivity index (χ1n) is 6.11. The van der Waals surface area contributed by atoms with Crippen molar-refractivity contribution in [3.05, 3.63) is 35.0 Å². The van der Waals surface area contributed by atoms with Gasteiger partial charge in [0.15, 0.2) is 5.78 Å². The zero-order valence-electron chi connectivity index (χ0n) is 11.6. The number of benzene rings is 1. The van der Waals surface area contributed by atoms with Gasteiger partial charge in [-0.2, -0.15) is 0 Å². The van der Waals surface area contributed by atoms with E-state index in [2.05, 4.69) is 16.2 Å². The Kier molecular flexibility index (Phi) is 3.42. The van der Waals surface area contributed by atoms with Gasteiger partial charge in [0.1, 0.15) is 6.42 Å². The number of nitrogens with zero attached hydrogens (tertiary/aromatic N) is 1. The maximum atomic E-state index is 12.0. The summed E-state index contributed by atoms with van der Waals surface area (Å²) >= 11 is 0. The summed E-state index contributed by atoms with van der Waals surface area (Å²) in [5, 5.41) is 1.13. The van der Waals surface area contributed by atoms with Crippen molar-refractivity contribution in [2.24, 2.45) is 7.05 Å². The summed E-state index contributed by atoms with van der Waals surface area (Å²) in [7, 11) is 3.25. The summed E-state index contributed by atoms with van der Waals surface area (Å²) in [5.41, 5.74) is 3.93. The second-order valence-electron chi connectivity index (χ2n) is 4.68. The fourth-order valence-corrected chi connectivity index (χ4v) is 2.23. The lowest BCUT2D eigenvalue weighted by atomic mass is 10.1. The maximum Gasteiger partial charge on any atom is 0.313 e. The molecule has 0 spiro atoms. The molecule has 0 atom stereocenters. The molecule has 4 heteroatoms. The van der Waals surface area contributed by atoms with Gasteiger partial charge in [0.25, 0.3) is 0 Å². The van der Waals surface area contributed by atoms with Gasteiger partial charge in [-0.05, 0) is 25.5 Å². The van der Waals surface area contributed by atoms with Crippen molar-refractivity contribution in [1.29, 1.82) is 0 Å². The predicted octanol–water partition coefficient (Wildman–Crippen LogP) is 2.54. The number of carbonyl (C=O) groups excluding carboxylic acids is 2. The van der Waals surface area contributed by atoms with Crippen LogP contribution in [0.15, 0.2) is 18.2 Å². The number of carbonyl (C=O) groups is 2. The van der Waals surface area contributed by atoms with Gasteiger partial charge >= 0.3 is 5.97 Å². The Bertz CT molecular complexity index is 668. The number of hydrogen-bond donors (Lipinski definition) is 0. The predicted molar refractivity (Wildman–Crippen MR) is 73.4 cm³/mol. The van der Waals surface area contributed by atoms with E-state index in [1.54, 1.807) is 6.07 Å². The molecule has 1 aromatic carbocycles. The lowest BCUT2D eigenvalue weighted by Crippen LogP contribution is -2.09. The van der Waals surface area contributed by atoms with Crippen LogP contribution >= 0.6 is 0 Å². The minimum absolute atomic E-state index is 0.217. The molecule has 0 saturated heterocycles. The molecule has 1 heterocycles. The summed E-state index contributed by atoms with van der Waals surface area (Å²) in [6.45, 7) is 4.11. The molecule has 0 N–H and O–H groups in total. The first-order valence-corrected chi connectivity index (χ1v) is 6.11. The molecule has 100 valence electrons. The number of fused-ring (bicyclic) bond motifs is 1. The smallest absolute Gasteiger partial charge is 0.313 e. The van der Waals surface area contributed by atoms with Gasteiger partial charge in [0, 0.05) is 29.2 Å². The average molecular weight is 259 g/mol. The normalized spacial score (nSPS) is 10.7. The highest BCUT2D eigenvalue weighted by Crippen LogP contribution is 2.25. The van der Waals surface area contributed by atoms with Crippen LogP contribution in [0.4, 0.5) is 0 Å². The molecule has 0 aliphatic carbocycles. The zero-order valence-corrected chi connectivity index (χ0v) is 11.6. The highest BCUT2D eigenvalue weighted by atomic mass is 16.5. The lowest BCUT2D eigenvalue weighted by Gasteiger charge is -2.03. The molecule has 2 rings (SSSR count). The number of ether oxygens (including phenoxy) is 1. The van der Waals surface area contributed by atoms with E-state index < -0.39 is 5.97 Å². The molecule has 2 aromatic rings. The molecule has 19 heavy (non-hydrogen) atoms. The van der Waals surface area contributed by atoms with E-state index in [1.807, 2.05) is 26.1 Å². The highest BCUT2D eigenvalue weighted by Gasteiger charge is 2.15. The third kappa shape index (κ3) is 2.26. The van der Waals surface area contributed by atoms with Crippen LogP contribution in [0.2, 0.25) is 0 Å². The number of hydrogen-bond acceptors (Lipinski definition) is 3. The largest absolute Gasteiger partial charge is 0.469 e. The van der Waals surface area contributed by atoms with Crippen LogP contribution in [0.25, 0.3) is 10.9 Å². The molecular formula is C15H17NO3. The van der Waals surface area contributed by atoms with E-state index in [1.165, 1.54) is 18.4 Å². The quantitative estimate of drug-likeness (QED) is 0.483. The SMILES string of the molecule is COC(=O)CC(=O)c1ccc2c(C)c(C)n(C)c2c1. The minimum atomic E-state index is -0.510. The van der Waals surface area contributed by atoms with Crippen LogP contribution in [0.3, 0.4) is 0 Å². The Balaban J connectivity index is 2.45. The summed E-state index contributed by atoms with van der Waals surface area (Å²) in [6, 6.07) is 5.53. The molecule has 0 saturated carbocycles. The Morgan fingerprint density at radius 1 is 1.26 bits per heavy atom. The fourth-order valence-electron chi connectivity index (χ4n) is 2.23. The summed E-state index contributed by atoms with van der Waals surface area (Å²) < 4.78 is 6.57. The molecule has 0 aliphatic heterocycles. The number of esters is 1. The summed E-state index contributed by atoms with van der Waals surface area (Å²) in [5.74, 6) is -0.727. The van der Waals surface area contributed by atoms with E-state index in [0.717, 1.165) is 10.9 Å². The Labute approximate surface area is 112 Å². The molecule has 1 aromatic heterocycles. The van der Waals surface area contributed by atoms with Crippen LogP contribution in [0, 0.1) is 13.8 Å². The maximum absolute atomic E-state index is 12.0. The second-order valence-corrected chi connectivity index (χ2v) is 4.68. The van der Waals surface area contributed by atoms with Crippen molar-refractivity contribution in [1.82, 2.24) is 4.57 Å². The van der Waals surface area contributed by atoms with E-state index >= 15 is 0 Å². The van der Waals surface area contributed by atoms with E-state index in [0.29, 0.717) is 5.56 Å². The molecule has 0 unspecified atom stereocenters. The van der Waals surface area contributed by atoms with Crippen molar-refractivity contribution < 1.29 is 14.3 Å². The molecule has 4 nitrogen and oxygen atoms in total. The topological polar surface area (TPSA) is 48.3 Å². The van der Waals surface area contributed by atoms with E-state index in [-0.39, 0.29) is 12.2 Å². The molecule has 0 amide bonds. The number of aryl methyl sites for hydroxylation is 2. The molecule has 0 fully saturated rings. The van der Waals surface area contributed by atoms with Crippen molar-refractivity contribution in [2.75, 3.05) is 7.11 Å². The van der Waals surface area contributed by atoms with Gasteiger partial charge in [0.2, 0.25) is 0 Å². The Hall–Kier alpha value is -2.10. The van der Waals surface area contributed by atoms with Crippen LogP contribution in [0.5, 0.6) is 0 Å². The third-order valence-electron chi connectivity index (χ3n) is 3.66. The average Bonchev–Trinajstić information content (AvgIpc) is 2.63. The van der Waals surface area contributed by atoms with Gasteiger partial charge in [-0.15, -0.1) is 0 Å². The molecule has 0 aliphatic rings. The van der Waals surface area contributed by atoms with Gasteiger partial charge in [0.05, 0.1) is 7.11 Å². The number of ketones is 1. The molecule has 0 bridgehead atoms. The fraction of sp³-hybridized carbons (Fsp3) is 0.333. The van der Waals surface area contributed by atoms with Crippen LogP contribution < -0.4 is 0 Å². The van der Waals surface area contributed by atoms with Crippen LogP contribution in [0.1, 0.15) is 28.0 Å². The molecule has 0 radical (unpaired) electrons. The van der Waals surface area contributed by atoms with Crippen LogP contribution in [-0.4, -0.2) is 23.4 Å². The van der Waals surface area contributed by atoms with Crippen LogP contribution in [-0.2, 0) is 16.6 Å². The third-order valence-corrected chi connectivity index (χ3v) is 3.66. The van der Waals surface area contributed by atoms with Crippen molar-refractivity contribution in [3.8, 4) is 0 Å². The van der Waals surface area contributed by atoms with E-state index in [4.69, 9.17) is 0 Å². The first kappa shape index (κ1) is 13.3. The number of aromatic nitrogens is 1. The zero-order chi connectivity index (χ0) is 14.2. The first-order chi connectivity index (χ1) is 8.95. The highest BCUT2D eigenvalue weighted by molar-refractivity contribution is 6.07.